The lowest BCUT2D eigenvalue weighted by Gasteiger charge is -2.17. The molecule has 0 amide bonds. The molecule has 0 spiro atoms. The summed E-state index contributed by atoms with van der Waals surface area (Å²) in [6, 6.07) is 0. The van der Waals surface area contributed by atoms with Gasteiger partial charge in [-0.05, 0) is 6.08 Å². The summed E-state index contributed by atoms with van der Waals surface area (Å²) in [6.45, 7) is -0.250. The maximum absolute atomic E-state index is 11.7. The molecule has 1 aliphatic rings. The van der Waals surface area contributed by atoms with Gasteiger partial charge in [-0.3, -0.25) is 14.3 Å². The predicted octanol–water partition coefficient (Wildman–Crippen LogP) is -0.613. The van der Waals surface area contributed by atoms with Crippen molar-refractivity contribution >= 4 is 17.7 Å². The van der Waals surface area contributed by atoms with Crippen LogP contribution in [0.3, 0.4) is 0 Å². The lowest BCUT2D eigenvalue weighted by molar-refractivity contribution is -0.0530. The summed E-state index contributed by atoms with van der Waals surface area (Å²) in [5, 5.41) is 18.8. The number of nitrogens with zero attached hydrogens (tertiary/aromatic N) is 1. The minimum absolute atomic E-state index is 0.165. The second-order valence-electron chi connectivity index (χ2n) is 4.18. The van der Waals surface area contributed by atoms with Crippen molar-refractivity contribution in [1.29, 1.82) is 0 Å². The van der Waals surface area contributed by atoms with Gasteiger partial charge in [-0.15, -0.1) is 0 Å². The number of aromatic nitrogens is 2. The summed E-state index contributed by atoms with van der Waals surface area (Å²) in [5.74, 6) is 0. The molecule has 0 aromatic carbocycles. The highest BCUT2D eigenvalue weighted by Gasteiger charge is 2.35. The molecule has 2 rings (SSSR count). The molecule has 0 unspecified atom stereocenters. The van der Waals surface area contributed by atoms with E-state index in [4.69, 9.17) is 21.4 Å². The SMILES string of the molecule is O=c1[nH]c(=O)n([C@@H]2O[C@H](CO)C[C@H]2O)cc1C=CCl. The van der Waals surface area contributed by atoms with Crippen molar-refractivity contribution in [3.8, 4) is 0 Å². The first-order valence-electron chi connectivity index (χ1n) is 5.63. The van der Waals surface area contributed by atoms with E-state index in [9.17, 15) is 14.7 Å². The van der Waals surface area contributed by atoms with Crippen LogP contribution in [0.15, 0.2) is 21.3 Å². The van der Waals surface area contributed by atoms with Crippen LogP contribution in [-0.4, -0.2) is 38.6 Å². The van der Waals surface area contributed by atoms with E-state index in [-0.39, 0.29) is 18.6 Å². The van der Waals surface area contributed by atoms with Gasteiger partial charge in [0.2, 0.25) is 0 Å². The third-order valence-corrected chi connectivity index (χ3v) is 3.01. The van der Waals surface area contributed by atoms with E-state index >= 15 is 0 Å². The van der Waals surface area contributed by atoms with Gasteiger partial charge >= 0.3 is 5.69 Å². The molecule has 1 saturated heterocycles. The van der Waals surface area contributed by atoms with Gasteiger partial charge in [-0.1, -0.05) is 11.6 Å². The van der Waals surface area contributed by atoms with Gasteiger partial charge in [-0.2, -0.15) is 0 Å². The molecule has 0 radical (unpaired) electrons. The number of nitrogens with one attached hydrogen (secondary N) is 1. The number of hydrogen-bond donors (Lipinski definition) is 3. The van der Waals surface area contributed by atoms with Crippen LogP contribution in [0.5, 0.6) is 0 Å². The van der Waals surface area contributed by atoms with Crippen molar-refractivity contribution in [1.82, 2.24) is 9.55 Å². The van der Waals surface area contributed by atoms with E-state index in [1.807, 2.05) is 0 Å². The van der Waals surface area contributed by atoms with Crippen molar-refractivity contribution in [3.63, 3.8) is 0 Å². The Morgan fingerprint density at radius 1 is 1.58 bits per heavy atom. The number of H-pyrrole nitrogens is 1. The molecule has 0 saturated carbocycles. The molecular formula is C11H13ClN2O5. The number of halogens is 1. The summed E-state index contributed by atoms with van der Waals surface area (Å²) >= 11 is 5.40. The maximum Gasteiger partial charge on any atom is 0.330 e. The average molecular weight is 289 g/mol. The van der Waals surface area contributed by atoms with Gasteiger partial charge in [-0.25, -0.2) is 4.79 Å². The smallest absolute Gasteiger partial charge is 0.330 e. The molecule has 1 aliphatic heterocycles. The Morgan fingerprint density at radius 3 is 2.89 bits per heavy atom. The third-order valence-electron chi connectivity index (χ3n) is 2.88. The second-order valence-corrected chi connectivity index (χ2v) is 4.43. The Hall–Kier alpha value is -1.41. The average Bonchev–Trinajstić information content (AvgIpc) is 2.74. The van der Waals surface area contributed by atoms with E-state index in [2.05, 4.69) is 4.98 Å². The summed E-state index contributed by atoms with van der Waals surface area (Å²) in [6.07, 6.45) is 0.380. The third kappa shape index (κ3) is 2.79. The van der Waals surface area contributed by atoms with Gasteiger partial charge in [0.1, 0.15) is 6.10 Å². The molecule has 2 heterocycles. The largest absolute Gasteiger partial charge is 0.394 e. The molecule has 7 nitrogen and oxygen atoms in total. The summed E-state index contributed by atoms with van der Waals surface area (Å²) in [7, 11) is 0. The van der Waals surface area contributed by atoms with E-state index < -0.39 is 29.7 Å². The number of aliphatic hydroxyl groups is 2. The van der Waals surface area contributed by atoms with E-state index in [0.29, 0.717) is 0 Å². The number of aliphatic hydroxyl groups excluding tert-OH is 2. The molecule has 1 aromatic heterocycles. The Labute approximate surface area is 112 Å². The van der Waals surface area contributed by atoms with E-state index in [1.165, 1.54) is 12.3 Å². The standard InChI is InChI=1S/C11H13ClN2O5/c12-2-1-6-4-14(11(18)13-9(6)17)10-8(16)3-7(5-15)19-10/h1-2,4,7-8,10,15-16H,3,5H2,(H,13,17,18)/t7-,8+,10+/m0/s1. The van der Waals surface area contributed by atoms with Crippen LogP contribution in [0.2, 0.25) is 0 Å². The molecule has 3 atom stereocenters. The molecule has 3 N–H and O–H groups in total. The Bertz CT molecular complexity index is 593. The fourth-order valence-corrected chi connectivity index (χ4v) is 2.11. The number of aromatic amines is 1. The zero-order valence-corrected chi connectivity index (χ0v) is 10.6. The van der Waals surface area contributed by atoms with Gasteiger partial charge < -0.3 is 14.9 Å². The van der Waals surface area contributed by atoms with Crippen LogP contribution in [0.25, 0.3) is 6.08 Å². The minimum Gasteiger partial charge on any atom is -0.394 e. The maximum atomic E-state index is 11.7. The Balaban J connectivity index is 2.42. The Morgan fingerprint density at radius 2 is 2.32 bits per heavy atom. The number of hydrogen-bond acceptors (Lipinski definition) is 5. The van der Waals surface area contributed by atoms with Crippen molar-refractivity contribution in [2.45, 2.75) is 24.9 Å². The van der Waals surface area contributed by atoms with Crippen LogP contribution in [-0.2, 0) is 4.74 Å². The minimum atomic E-state index is -0.941. The van der Waals surface area contributed by atoms with Crippen LogP contribution in [0, 0.1) is 0 Å². The highest BCUT2D eigenvalue weighted by atomic mass is 35.5. The number of ether oxygens (including phenoxy) is 1. The fraction of sp³-hybridized carbons (Fsp3) is 0.455. The van der Waals surface area contributed by atoms with Crippen molar-refractivity contribution < 1.29 is 14.9 Å². The lowest BCUT2D eigenvalue weighted by atomic mass is 10.2. The first kappa shape index (κ1) is 14.0. The quantitative estimate of drug-likeness (QED) is 0.688. The predicted molar refractivity (Wildman–Crippen MR) is 67.8 cm³/mol. The highest BCUT2D eigenvalue weighted by Crippen LogP contribution is 2.27. The molecular weight excluding hydrogens is 276 g/mol. The second kappa shape index (κ2) is 5.70. The first-order valence-corrected chi connectivity index (χ1v) is 6.07. The van der Waals surface area contributed by atoms with Gasteiger partial charge in [0.05, 0.1) is 18.3 Å². The molecule has 0 bridgehead atoms. The Kier molecular flexibility index (Phi) is 4.20. The first-order chi connectivity index (χ1) is 9.06. The summed E-state index contributed by atoms with van der Waals surface area (Å²) < 4.78 is 6.42. The monoisotopic (exact) mass is 288 g/mol. The van der Waals surface area contributed by atoms with E-state index in [1.54, 1.807) is 0 Å². The van der Waals surface area contributed by atoms with Gasteiger partial charge in [0.15, 0.2) is 6.23 Å². The van der Waals surface area contributed by atoms with Crippen LogP contribution >= 0.6 is 11.6 Å². The van der Waals surface area contributed by atoms with Crippen molar-refractivity contribution in [2.75, 3.05) is 6.61 Å². The zero-order chi connectivity index (χ0) is 14.0. The van der Waals surface area contributed by atoms with Gasteiger partial charge in [0, 0.05) is 18.2 Å². The number of rotatable bonds is 3. The molecule has 104 valence electrons. The fourth-order valence-electron chi connectivity index (χ4n) is 1.97. The molecule has 8 heteroatoms. The highest BCUT2D eigenvalue weighted by molar-refractivity contribution is 6.27. The van der Waals surface area contributed by atoms with E-state index in [0.717, 1.165) is 10.1 Å². The van der Waals surface area contributed by atoms with Crippen LogP contribution in [0.4, 0.5) is 0 Å². The summed E-state index contributed by atoms with van der Waals surface area (Å²) in [4.78, 5) is 25.3. The molecule has 1 fully saturated rings. The van der Waals surface area contributed by atoms with Crippen LogP contribution in [0.1, 0.15) is 18.2 Å². The molecule has 0 aliphatic carbocycles. The van der Waals surface area contributed by atoms with Crippen molar-refractivity contribution in [2.24, 2.45) is 0 Å². The molecule has 19 heavy (non-hydrogen) atoms. The van der Waals surface area contributed by atoms with Gasteiger partial charge in [0.25, 0.3) is 5.56 Å². The topological polar surface area (TPSA) is 105 Å². The molecule has 1 aromatic rings. The van der Waals surface area contributed by atoms with Crippen molar-refractivity contribution in [3.05, 3.63) is 38.1 Å². The zero-order valence-electron chi connectivity index (χ0n) is 9.82. The lowest BCUT2D eigenvalue weighted by Crippen LogP contribution is -2.36. The normalized spacial score (nSPS) is 27.2. The van der Waals surface area contributed by atoms with Crippen LogP contribution < -0.4 is 11.2 Å². The summed E-state index contributed by atoms with van der Waals surface area (Å²) in [5.41, 5.74) is 0.0311.